The SMILES string of the molecule is CC(=O)N1CCc2c(c(I)nn2C2CCC3(CC2)CC(Cc2ccc(C(=O)OC(C)(C)C)nn2)C3)C1. The van der Waals surface area contributed by atoms with E-state index in [1.807, 2.05) is 31.7 Å². The van der Waals surface area contributed by atoms with Crippen LogP contribution in [0.1, 0.15) is 99.7 Å². The average Bonchev–Trinajstić information content (AvgIpc) is 3.13. The minimum Gasteiger partial charge on any atom is -0.455 e. The zero-order valence-corrected chi connectivity index (χ0v) is 23.9. The van der Waals surface area contributed by atoms with Crippen LogP contribution in [0, 0.1) is 15.0 Å². The lowest BCUT2D eigenvalue weighted by Gasteiger charge is -2.52. The van der Waals surface area contributed by atoms with E-state index in [0.29, 0.717) is 23.9 Å². The highest BCUT2D eigenvalue weighted by atomic mass is 127. The lowest BCUT2D eigenvalue weighted by molar-refractivity contribution is -0.129. The van der Waals surface area contributed by atoms with Gasteiger partial charge in [-0.25, -0.2) is 4.79 Å². The van der Waals surface area contributed by atoms with Gasteiger partial charge in [-0.05, 0) is 112 Å². The molecule has 0 atom stereocenters. The van der Waals surface area contributed by atoms with Gasteiger partial charge in [-0.15, -0.1) is 5.10 Å². The summed E-state index contributed by atoms with van der Waals surface area (Å²) in [6.07, 6.45) is 9.18. The molecule has 36 heavy (non-hydrogen) atoms. The molecule has 2 fully saturated rings. The van der Waals surface area contributed by atoms with Crippen molar-refractivity contribution in [1.29, 1.82) is 0 Å². The van der Waals surface area contributed by atoms with Crippen molar-refractivity contribution in [1.82, 2.24) is 24.9 Å². The highest BCUT2D eigenvalue weighted by molar-refractivity contribution is 14.1. The van der Waals surface area contributed by atoms with Crippen molar-refractivity contribution in [3.05, 3.63) is 38.5 Å². The van der Waals surface area contributed by atoms with E-state index in [-0.39, 0.29) is 11.6 Å². The van der Waals surface area contributed by atoms with Crippen LogP contribution in [0.25, 0.3) is 0 Å². The van der Waals surface area contributed by atoms with Gasteiger partial charge in [-0.3, -0.25) is 9.48 Å². The lowest BCUT2D eigenvalue weighted by atomic mass is 9.54. The Balaban J connectivity index is 1.13. The first-order valence-electron chi connectivity index (χ1n) is 13.1. The van der Waals surface area contributed by atoms with E-state index in [2.05, 4.69) is 37.5 Å². The van der Waals surface area contributed by atoms with Crippen LogP contribution in [0.2, 0.25) is 0 Å². The monoisotopic (exact) mass is 605 g/mol. The average molecular weight is 606 g/mol. The molecule has 0 aromatic carbocycles. The number of rotatable bonds is 4. The molecule has 2 aromatic rings. The Morgan fingerprint density at radius 1 is 1.17 bits per heavy atom. The van der Waals surface area contributed by atoms with Crippen LogP contribution in [-0.4, -0.2) is 48.9 Å². The van der Waals surface area contributed by atoms with Crippen molar-refractivity contribution in [3.8, 4) is 0 Å². The van der Waals surface area contributed by atoms with E-state index < -0.39 is 11.6 Å². The molecule has 0 N–H and O–H groups in total. The zero-order chi connectivity index (χ0) is 25.7. The fourth-order valence-electron chi connectivity index (χ4n) is 6.36. The van der Waals surface area contributed by atoms with Crippen molar-refractivity contribution in [2.75, 3.05) is 6.54 Å². The Hall–Kier alpha value is -2.04. The summed E-state index contributed by atoms with van der Waals surface area (Å²) in [5.41, 5.74) is 3.74. The molecule has 0 unspecified atom stereocenters. The first-order valence-corrected chi connectivity index (χ1v) is 14.2. The molecule has 9 heteroatoms. The van der Waals surface area contributed by atoms with Gasteiger partial charge in [0.1, 0.15) is 9.30 Å². The summed E-state index contributed by atoms with van der Waals surface area (Å²) in [4.78, 5) is 25.9. The summed E-state index contributed by atoms with van der Waals surface area (Å²) >= 11 is 2.34. The molecule has 3 aliphatic rings. The van der Waals surface area contributed by atoms with Crippen molar-refractivity contribution < 1.29 is 14.3 Å². The van der Waals surface area contributed by atoms with Crippen molar-refractivity contribution in [2.45, 2.75) is 97.2 Å². The van der Waals surface area contributed by atoms with Gasteiger partial charge in [0, 0.05) is 31.1 Å². The van der Waals surface area contributed by atoms with Gasteiger partial charge in [0.05, 0.1) is 18.3 Å². The minimum absolute atomic E-state index is 0.147. The van der Waals surface area contributed by atoms with Gasteiger partial charge in [0.2, 0.25) is 5.91 Å². The lowest BCUT2D eigenvalue weighted by Crippen LogP contribution is -2.42. The Morgan fingerprint density at radius 3 is 2.50 bits per heavy atom. The van der Waals surface area contributed by atoms with Gasteiger partial charge in [-0.2, -0.15) is 10.2 Å². The third-order valence-corrected chi connectivity index (χ3v) is 8.98. The van der Waals surface area contributed by atoms with Crippen LogP contribution in [0.15, 0.2) is 12.1 Å². The Labute approximate surface area is 226 Å². The molecular weight excluding hydrogens is 569 g/mol. The molecule has 0 radical (unpaired) electrons. The largest absolute Gasteiger partial charge is 0.455 e. The summed E-state index contributed by atoms with van der Waals surface area (Å²) in [5.74, 6) is 0.359. The number of amides is 1. The maximum absolute atomic E-state index is 12.2. The number of ether oxygens (including phenoxy) is 1. The Morgan fingerprint density at radius 2 is 1.89 bits per heavy atom. The first kappa shape index (κ1) is 25.6. The molecule has 8 nitrogen and oxygen atoms in total. The molecule has 1 aliphatic heterocycles. The number of esters is 1. The quantitative estimate of drug-likeness (QED) is 0.364. The number of halogens is 1. The summed E-state index contributed by atoms with van der Waals surface area (Å²) < 4.78 is 8.73. The second-order valence-electron chi connectivity index (χ2n) is 12.0. The van der Waals surface area contributed by atoms with Crippen LogP contribution in [0.5, 0.6) is 0 Å². The standard InChI is InChI=1S/C27H36IN5O3/c1-17(34)32-12-9-23-21(16-32)24(28)31-33(23)20-7-10-27(11-8-20)14-18(15-27)13-19-5-6-22(30-29-19)25(35)36-26(2,3)4/h5-6,18,20H,7-16H2,1-4H3. The Bertz CT molecular complexity index is 1140. The molecular formula is C27H36IN5O3. The summed E-state index contributed by atoms with van der Waals surface area (Å²) in [7, 11) is 0. The number of fused-ring (bicyclic) bond motifs is 1. The van der Waals surface area contributed by atoms with Crippen LogP contribution in [0.3, 0.4) is 0 Å². The fraction of sp³-hybridized carbons (Fsp3) is 0.667. The molecule has 2 aliphatic carbocycles. The first-order chi connectivity index (χ1) is 17.0. The molecule has 194 valence electrons. The number of carbonyl (C=O) groups excluding carboxylic acids is 2. The van der Waals surface area contributed by atoms with E-state index in [1.165, 1.54) is 49.8 Å². The van der Waals surface area contributed by atoms with Gasteiger partial charge in [-0.1, -0.05) is 0 Å². The normalized spacial score (nSPS) is 25.9. The summed E-state index contributed by atoms with van der Waals surface area (Å²) in [5, 5.41) is 13.4. The van der Waals surface area contributed by atoms with E-state index in [4.69, 9.17) is 9.84 Å². The number of hydrogen-bond acceptors (Lipinski definition) is 6. The van der Waals surface area contributed by atoms with Gasteiger partial charge < -0.3 is 9.64 Å². The minimum atomic E-state index is -0.539. The molecule has 0 bridgehead atoms. The Kier molecular flexibility index (Phi) is 6.89. The third-order valence-electron chi connectivity index (χ3n) is 8.11. The smallest absolute Gasteiger partial charge is 0.359 e. The topological polar surface area (TPSA) is 90.2 Å². The van der Waals surface area contributed by atoms with Crippen LogP contribution < -0.4 is 0 Å². The molecule has 1 amide bonds. The maximum atomic E-state index is 12.2. The number of hydrogen-bond donors (Lipinski definition) is 0. The molecule has 2 saturated carbocycles. The van der Waals surface area contributed by atoms with Crippen molar-refractivity contribution in [3.63, 3.8) is 0 Å². The maximum Gasteiger partial charge on any atom is 0.359 e. The number of aromatic nitrogens is 4. The second-order valence-corrected chi connectivity index (χ2v) is 13.0. The van der Waals surface area contributed by atoms with E-state index in [9.17, 15) is 9.59 Å². The summed E-state index contributed by atoms with van der Waals surface area (Å²) in [6.45, 7) is 8.69. The fourth-order valence-corrected chi connectivity index (χ4v) is 7.07. The van der Waals surface area contributed by atoms with E-state index in [1.54, 1.807) is 13.0 Å². The summed E-state index contributed by atoms with van der Waals surface area (Å²) in [6, 6.07) is 4.13. The molecule has 1 spiro atoms. The molecule has 3 heterocycles. The van der Waals surface area contributed by atoms with Crippen LogP contribution in [-0.2, 0) is 28.9 Å². The number of nitrogens with zero attached hydrogens (tertiary/aromatic N) is 5. The predicted octanol–water partition coefficient (Wildman–Crippen LogP) is 4.89. The highest BCUT2D eigenvalue weighted by Crippen LogP contribution is 2.57. The van der Waals surface area contributed by atoms with Crippen molar-refractivity contribution in [2.24, 2.45) is 11.3 Å². The van der Waals surface area contributed by atoms with Gasteiger partial charge in [0.15, 0.2) is 5.69 Å². The zero-order valence-electron chi connectivity index (χ0n) is 21.7. The van der Waals surface area contributed by atoms with Gasteiger partial charge in [0.25, 0.3) is 0 Å². The third kappa shape index (κ3) is 5.31. The second kappa shape index (κ2) is 9.68. The van der Waals surface area contributed by atoms with E-state index in [0.717, 1.165) is 28.8 Å². The van der Waals surface area contributed by atoms with Crippen LogP contribution in [0.4, 0.5) is 0 Å². The molecule has 2 aromatic heterocycles. The van der Waals surface area contributed by atoms with E-state index >= 15 is 0 Å². The van der Waals surface area contributed by atoms with Gasteiger partial charge >= 0.3 is 5.97 Å². The van der Waals surface area contributed by atoms with Crippen LogP contribution >= 0.6 is 22.6 Å². The molecule has 0 saturated heterocycles. The number of carbonyl (C=O) groups is 2. The van der Waals surface area contributed by atoms with Crippen molar-refractivity contribution >= 4 is 34.5 Å². The predicted molar refractivity (Wildman–Crippen MR) is 143 cm³/mol. The molecule has 5 rings (SSSR count). The highest BCUT2D eigenvalue weighted by Gasteiger charge is 2.46.